The quantitative estimate of drug-likeness (QED) is 0.433. The van der Waals surface area contributed by atoms with Gasteiger partial charge in [0, 0.05) is 28.4 Å². The molecule has 0 saturated heterocycles. The molecule has 2 aromatic heterocycles. The van der Waals surface area contributed by atoms with E-state index < -0.39 is 0 Å². The Kier molecular flexibility index (Phi) is 5.05. The number of hydrogen-bond acceptors (Lipinski definition) is 5. The Balaban J connectivity index is 1.57. The number of aromatic nitrogens is 2. The monoisotopic (exact) mass is 393 g/mol. The molecule has 0 fully saturated rings. The maximum atomic E-state index is 6.18. The molecule has 0 unspecified atom stereocenters. The van der Waals surface area contributed by atoms with E-state index in [0.717, 1.165) is 33.3 Å². The molecule has 27 heavy (non-hydrogen) atoms. The summed E-state index contributed by atoms with van der Waals surface area (Å²) >= 11 is 7.73. The van der Waals surface area contributed by atoms with E-state index in [0.29, 0.717) is 10.8 Å². The van der Waals surface area contributed by atoms with Gasteiger partial charge in [-0.3, -0.25) is 4.98 Å². The number of ether oxygens (including phenoxy) is 1. The highest BCUT2D eigenvalue weighted by Crippen LogP contribution is 2.32. The SMILES string of the molecule is COc1ccc(Nc2nc(-c3cccc(-c4ccccn4)c3)cs2)cc1Cl. The molecule has 2 heterocycles. The highest BCUT2D eigenvalue weighted by molar-refractivity contribution is 7.14. The van der Waals surface area contributed by atoms with Crippen LogP contribution in [0.3, 0.4) is 0 Å². The number of methoxy groups -OCH3 is 1. The lowest BCUT2D eigenvalue weighted by atomic mass is 10.1. The zero-order chi connectivity index (χ0) is 18.6. The van der Waals surface area contributed by atoms with E-state index in [4.69, 9.17) is 21.3 Å². The topological polar surface area (TPSA) is 47.0 Å². The fraction of sp³-hybridized carbons (Fsp3) is 0.0476. The standard InChI is InChI=1S/C21H16ClN3OS/c1-26-20-9-8-16(12-17(20)22)24-21-25-19(13-27-21)15-6-4-5-14(11-15)18-7-2-3-10-23-18/h2-13H,1H3,(H,24,25). The molecule has 0 radical (unpaired) electrons. The summed E-state index contributed by atoms with van der Waals surface area (Å²) in [4.78, 5) is 9.11. The van der Waals surface area contributed by atoms with Gasteiger partial charge in [0.15, 0.2) is 5.13 Å². The predicted molar refractivity (Wildman–Crippen MR) is 112 cm³/mol. The molecule has 4 aromatic rings. The summed E-state index contributed by atoms with van der Waals surface area (Å²) in [5.41, 5.74) is 4.84. The van der Waals surface area contributed by atoms with Gasteiger partial charge in [0.05, 0.1) is 23.5 Å². The first kappa shape index (κ1) is 17.5. The highest BCUT2D eigenvalue weighted by atomic mass is 35.5. The van der Waals surface area contributed by atoms with Crippen LogP contribution in [0.25, 0.3) is 22.5 Å². The van der Waals surface area contributed by atoms with Crippen LogP contribution in [0, 0.1) is 0 Å². The van der Waals surface area contributed by atoms with Gasteiger partial charge in [0.25, 0.3) is 0 Å². The van der Waals surface area contributed by atoms with Gasteiger partial charge in [-0.25, -0.2) is 4.98 Å². The second-order valence-corrected chi connectivity index (χ2v) is 7.07. The minimum absolute atomic E-state index is 0.558. The summed E-state index contributed by atoms with van der Waals surface area (Å²) in [6.07, 6.45) is 1.80. The lowest BCUT2D eigenvalue weighted by molar-refractivity contribution is 0.415. The van der Waals surface area contributed by atoms with Crippen LogP contribution in [-0.2, 0) is 0 Å². The fourth-order valence-electron chi connectivity index (χ4n) is 2.70. The van der Waals surface area contributed by atoms with Gasteiger partial charge in [0.1, 0.15) is 5.75 Å². The van der Waals surface area contributed by atoms with Gasteiger partial charge in [-0.1, -0.05) is 35.9 Å². The van der Waals surface area contributed by atoms with Crippen molar-refractivity contribution in [3.63, 3.8) is 0 Å². The van der Waals surface area contributed by atoms with Crippen LogP contribution >= 0.6 is 22.9 Å². The molecule has 0 atom stereocenters. The van der Waals surface area contributed by atoms with Crippen LogP contribution in [0.15, 0.2) is 72.2 Å². The van der Waals surface area contributed by atoms with Gasteiger partial charge < -0.3 is 10.1 Å². The number of halogens is 1. The summed E-state index contributed by atoms with van der Waals surface area (Å²) in [5, 5.41) is 6.68. The summed E-state index contributed by atoms with van der Waals surface area (Å²) < 4.78 is 5.18. The number of hydrogen-bond donors (Lipinski definition) is 1. The van der Waals surface area contributed by atoms with Gasteiger partial charge in [-0.2, -0.15) is 0 Å². The lowest BCUT2D eigenvalue weighted by Crippen LogP contribution is -1.91. The molecule has 0 bridgehead atoms. The van der Waals surface area contributed by atoms with E-state index in [-0.39, 0.29) is 0 Å². The van der Waals surface area contributed by atoms with Crippen LogP contribution in [0.2, 0.25) is 5.02 Å². The third-order valence-corrected chi connectivity index (χ3v) is 5.08. The Morgan fingerprint density at radius 2 is 1.81 bits per heavy atom. The predicted octanol–water partition coefficient (Wildman–Crippen LogP) is 6.28. The third kappa shape index (κ3) is 3.94. The normalized spacial score (nSPS) is 10.6. The van der Waals surface area contributed by atoms with Crippen molar-refractivity contribution < 1.29 is 4.74 Å². The van der Waals surface area contributed by atoms with Crippen LogP contribution in [0.5, 0.6) is 5.75 Å². The van der Waals surface area contributed by atoms with Crippen LogP contribution in [0.4, 0.5) is 10.8 Å². The van der Waals surface area contributed by atoms with Crippen molar-refractivity contribution in [3.05, 3.63) is 77.3 Å². The average molecular weight is 394 g/mol. The molecule has 0 saturated carbocycles. The summed E-state index contributed by atoms with van der Waals surface area (Å²) in [6.45, 7) is 0. The molecule has 134 valence electrons. The van der Waals surface area contributed by atoms with Crippen molar-refractivity contribution in [2.24, 2.45) is 0 Å². The number of nitrogens with one attached hydrogen (secondary N) is 1. The number of anilines is 2. The van der Waals surface area contributed by atoms with Crippen molar-refractivity contribution in [3.8, 4) is 28.3 Å². The Bertz CT molecular complexity index is 1070. The number of rotatable bonds is 5. The summed E-state index contributed by atoms with van der Waals surface area (Å²) in [5.74, 6) is 0.647. The Morgan fingerprint density at radius 3 is 2.56 bits per heavy atom. The molecule has 0 aliphatic carbocycles. The lowest BCUT2D eigenvalue weighted by Gasteiger charge is -2.06. The minimum Gasteiger partial charge on any atom is -0.495 e. The highest BCUT2D eigenvalue weighted by Gasteiger charge is 2.08. The first-order chi connectivity index (χ1) is 13.2. The smallest absolute Gasteiger partial charge is 0.187 e. The summed E-state index contributed by atoms with van der Waals surface area (Å²) in [6, 6.07) is 19.7. The van der Waals surface area contributed by atoms with E-state index in [1.807, 2.05) is 47.8 Å². The molecule has 2 aromatic carbocycles. The van der Waals surface area contributed by atoms with E-state index in [9.17, 15) is 0 Å². The second-order valence-electron chi connectivity index (χ2n) is 5.81. The van der Waals surface area contributed by atoms with E-state index in [1.165, 1.54) is 0 Å². The molecule has 0 amide bonds. The molecule has 0 aliphatic heterocycles. The second kappa shape index (κ2) is 7.78. The van der Waals surface area contributed by atoms with Gasteiger partial charge >= 0.3 is 0 Å². The molecule has 1 N–H and O–H groups in total. The third-order valence-electron chi connectivity index (χ3n) is 4.03. The van der Waals surface area contributed by atoms with Crippen LogP contribution in [0.1, 0.15) is 0 Å². The van der Waals surface area contributed by atoms with E-state index in [1.54, 1.807) is 24.6 Å². The average Bonchev–Trinajstić information content (AvgIpc) is 3.17. The largest absolute Gasteiger partial charge is 0.495 e. The van der Waals surface area contributed by atoms with Crippen molar-refractivity contribution in [1.29, 1.82) is 0 Å². The Hall–Kier alpha value is -2.89. The summed E-state index contributed by atoms with van der Waals surface area (Å²) in [7, 11) is 1.60. The van der Waals surface area contributed by atoms with Gasteiger partial charge in [-0.15, -0.1) is 11.3 Å². The molecule has 4 nitrogen and oxygen atoms in total. The fourth-order valence-corrected chi connectivity index (χ4v) is 3.70. The maximum Gasteiger partial charge on any atom is 0.187 e. The molecule has 6 heteroatoms. The molecule has 0 spiro atoms. The molecular formula is C21H16ClN3OS. The number of thiazole rings is 1. The van der Waals surface area contributed by atoms with Crippen molar-refractivity contribution in [2.45, 2.75) is 0 Å². The van der Waals surface area contributed by atoms with Crippen LogP contribution < -0.4 is 10.1 Å². The van der Waals surface area contributed by atoms with Crippen molar-refractivity contribution in [2.75, 3.05) is 12.4 Å². The van der Waals surface area contributed by atoms with Gasteiger partial charge in [0.2, 0.25) is 0 Å². The molecule has 0 aliphatic rings. The Labute approximate surface area is 166 Å². The Morgan fingerprint density at radius 1 is 0.963 bits per heavy atom. The first-order valence-corrected chi connectivity index (χ1v) is 9.56. The minimum atomic E-state index is 0.558. The number of nitrogens with zero attached hydrogens (tertiary/aromatic N) is 2. The molecular weight excluding hydrogens is 378 g/mol. The first-order valence-electron chi connectivity index (χ1n) is 8.31. The van der Waals surface area contributed by atoms with Crippen molar-refractivity contribution in [1.82, 2.24) is 9.97 Å². The zero-order valence-electron chi connectivity index (χ0n) is 14.5. The van der Waals surface area contributed by atoms with Crippen LogP contribution in [-0.4, -0.2) is 17.1 Å². The van der Waals surface area contributed by atoms with Crippen molar-refractivity contribution >= 4 is 33.8 Å². The van der Waals surface area contributed by atoms with E-state index >= 15 is 0 Å². The zero-order valence-corrected chi connectivity index (χ0v) is 16.1. The van der Waals surface area contributed by atoms with Gasteiger partial charge in [-0.05, 0) is 36.4 Å². The maximum absolute atomic E-state index is 6.18. The van der Waals surface area contributed by atoms with E-state index in [2.05, 4.69) is 28.5 Å². The number of pyridine rings is 1. The molecule has 4 rings (SSSR count). The number of benzene rings is 2.